The van der Waals surface area contributed by atoms with Gasteiger partial charge in [-0.3, -0.25) is 0 Å². The predicted molar refractivity (Wildman–Crippen MR) is 72.0 cm³/mol. The molecule has 8 unspecified atom stereocenters. The Bertz CT molecular complexity index is 367. The fourth-order valence-corrected chi connectivity index (χ4v) is 2.47. The second-order valence-corrected chi connectivity index (χ2v) is 5.67. The molecule has 10 nitrogen and oxygen atoms in total. The topological polar surface area (TPSA) is 158 Å². The van der Waals surface area contributed by atoms with Gasteiger partial charge in [-0.2, -0.15) is 0 Å². The maximum absolute atomic E-state index is 10.1. The summed E-state index contributed by atoms with van der Waals surface area (Å²) in [5, 5.41) is 57.5. The summed E-state index contributed by atoms with van der Waals surface area (Å²) >= 11 is 0. The third-order valence-corrected chi connectivity index (χ3v) is 3.88. The first-order chi connectivity index (χ1) is 10.9. The molecule has 23 heavy (non-hydrogen) atoms. The number of hydrogen-bond acceptors (Lipinski definition) is 10. The summed E-state index contributed by atoms with van der Waals surface area (Å²) in [6.07, 6.45) is -10.5. The van der Waals surface area contributed by atoms with Crippen molar-refractivity contribution in [2.24, 2.45) is 0 Å². The lowest BCUT2D eigenvalue weighted by Gasteiger charge is -2.38. The van der Waals surface area contributed by atoms with E-state index in [0.29, 0.717) is 0 Å². The summed E-state index contributed by atoms with van der Waals surface area (Å²) < 4.78 is 21.2. The fraction of sp³-hybridized carbons (Fsp3) is 1.00. The Labute approximate surface area is 132 Å². The Morgan fingerprint density at radius 2 is 1.83 bits per heavy atom. The largest absolute Gasteiger partial charge is 0.394 e. The summed E-state index contributed by atoms with van der Waals surface area (Å²) in [6, 6.07) is 0. The molecule has 0 aromatic carbocycles. The zero-order chi connectivity index (χ0) is 17.1. The highest BCUT2D eigenvalue weighted by molar-refractivity contribution is 4.94. The molecule has 0 aliphatic carbocycles. The van der Waals surface area contributed by atoms with Crippen molar-refractivity contribution in [2.45, 2.75) is 62.2 Å². The van der Waals surface area contributed by atoms with Crippen LogP contribution in [-0.2, 0) is 18.9 Å². The molecule has 0 aromatic rings. The van der Waals surface area contributed by atoms with E-state index in [0.717, 1.165) is 0 Å². The molecule has 2 fully saturated rings. The van der Waals surface area contributed by atoms with Crippen molar-refractivity contribution in [2.75, 3.05) is 19.8 Å². The van der Waals surface area contributed by atoms with Gasteiger partial charge in [-0.25, -0.2) is 0 Å². The molecule has 6 N–H and O–H groups in total. The molecule has 0 amide bonds. The molecule has 0 aromatic heterocycles. The van der Waals surface area contributed by atoms with Crippen molar-refractivity contribution < 1.29 is 49.6 Å². The van der Waals surface area contributed by atoms with Gasteiger partial charge < -0.3 is 49.6 Å². The van der Waals surface area contributed by atoms with Crippen molar-refractivity contribution in [3.05, 3.63) is 0 Å². The van der Waals surface area contributed by atoms with Crippen LogP contribution in [0.5, 0.6) is 0 Å². The Morgan fingerprint density at radius 3 is 2.39 bits per heavy atom. The summed E-state index contributed by atoms with van der Waals surface area (Å²) in [4.78, 5) is 0. The molecular weight excluding hydrogens is 316 g/mol. The molecular formula is C13H24O10. The van der Waals surface area contributed by atoms with Gasteiger partial charge in [0.1, 0.15) is 36.6 Å². The maximum atomic E-state index is 10.1. The van der Waals surface area contributed by atoms with Crippen LogP contribution in [0, 0.1) is 0 Å². The van der Waals surface area contributed by atoms with Gasteiger partial charge in [0.25, 0.3) is 0 Å². The van der Waals surface area contributed by atoms with Gasteiger partial charge >= 0.3 is 0 Å². The lowest BCUT2D eigenvalue weighted by molar-refractivity contribution is -0.305. The van der Waals surface area contributed by atoms with Gasteiger partial charge in [0.05, 0.1) is 25.9 Å². The number of rotatable bonds is 8. The fourth-order valence-electron chi connectivity index (χ4n) is 2.47. The summed E-state index contributed by atoms with van der Waals surface area (Å²) in [6.45, 7) is 0.196. The van der Waals surface area contributed by atoms with E-state index in [9.17, 15) is 25.5 Å². The smallest absolute Gasteiger partial charge is 0.186 e. The predicted octanol–water partition coefficient (Wildman–Crippen LogP) is -3.71. The van der Waals surface area contributed by atoms with Crippen molar-refractivity contribution in [1.29, 1.82) is 0 Å². The van der Waals surface area contributed by atoms with Crippen LogP contribution in [0.25, 0.3) is 0 Å². The maximum Gasteiger partial charge on any atom is 0.186 e. The monoisotopic (exact) mass is 340 g/mol. The van der Waals surface area contributed by atoms with E-state index in [-0.39, 0.29) is 6.61 Å². The van der Waals surface area contributed by atoms with Crippen molar-refractivity contribution in [3.8, 4) is 0 Å². The molecule has 2 aliphatic heterocycles. The van der Waals surface area contributed by atoms with Gasteiger partial charge in [-0.1, -0.05) is 0 Å². The lowest BCUT2D eigenvalue weighted by atomic mass is 10.0. The average Bonchev–Trinajstić information content (AvgIpc) is 2.98. The van der Waals surface area contributed by atoms with Crippen LogP contribution >= 0.6 is 0 Å². The molecule has 2 rings (SSSR count). The van der Waals surface area contributed by atoms with Crippen LogP contribution in [0.2, 0.25) is 0 Å². The van der Waals surface area contributed by atoms with Gasteiger partial charge in [0, 0.05) is 0 Å². The molecule has 2 heterocycles. The third-order valence-electron chi connectivity index (χ3n) is 3.88. The molecule has 9 atom stereocenters. The van der Waals surface area contributed by atoms with E-state index in [1.807, 2.05) is 0 Å². The minimum absolute atomic E-state index is 0.0746. The van der Waals surface area contributed by atoms with Crippen LogP contribution in [0.15, 0.2) is 0 Å². The van der Waals surface area contributed by atoms with Gasteiger partial charge in [0.2, 0.25) is 0 Å². The zero-order valence-electron chi connectivity index (χ0n) is 12.6. The standard InChI is InChI=1S/C13H24O10/c1-5(16)7(3-15)21-12(6(17)2-14)23-11-8-4-20-13(22-8)10(19)9(11)18/h5-19H,2-4H2,1H3/t5?,6?,7-,8?,9?,10?,11?,12?,13?/m0/s1. The van der Waals surface area contributed by atoms with Crippen LogP contribution < -0.4 is 0 Å². The SMILES string of the molecule is CC(O)[C@H](CO)OC(OC1C2COC(O2)C(O)C1O)C(O)CO. The van der Waals surface area contributed by atoms with E-state index < -0.39 is 68.5 Å². The van der Waals surface area contributed by atoms with Gasteiger partial charge in [-0.15, -0.1) is 0 Å². The number of ether oxygens (including phenoxy) is 4. The number of aliphatic hydroxyl groups is 6. The van der Waals surface area contributed by atoms with Crippen LogP contribution in [-0.4, -0.2) is 106 Å². The Morgan fingerprint density at radius 1 is 1.13 bits per heavy atom. The van der Waals surface area contributed by atoms with Crippen LogP contribution in [0.4, 0.5) is 0 Å². The first-order valence-corrected chi connectivity index (χ1v) is 7.41. The molecule has 136 valence electrons. The Balaban J connectivity index is 2.07. The number of hydrogen-bond donors (Lipinski definition) is 6. The van der Waals surface area contributed by atoms with Crippen molar-refractivity contribution in [1.82, 2.24) is 0 Å². The Kier molecular flexibility index (Phi) is 6.68. The normalized spacial score (nSPS) is 39.0. The number of fused-ring (bicyclic) bond motifs is 2. The van der Waals surface area contributed by atoms with E-state index in [2.05, 4.69) is 0 Å². The van der Waals surface area contributed by atoms with Crippen molar-refractivity contribution in [3.63, 3.8) is 0 Å². The summed E-state index contributed by atoms with van der Waals surface area (Å²) in [5.41, 5.74) is 0. The quantitative estimate of drug-likeness (QED) is 0.243. The van der Waals surface area contributed by atoms with Crippen molar-refractivity contribution >= 4 is 0 Å². The van der Waals surface area contributed by atoms with E-state index in [1.54, 1.807) is 0 Å². The van der Waals surface area contributed by atoms with E-state index >= 15 is 0 Å². The molecule has 10 heteroatoms. The lowest BCUT2D eigenvalue weighted by Crippen LogP contribution is -2.57. The highest BCUT2D eigenvalue weighted by Crippen LogP contribution is 2.31. The molecule has 2 saturated heterocycles. The van der Waals surface area contributed by atoms with E-state index in [4.69, 9.17) is 24.1 Å². The highest BCUT2D eigenvalue weighted by atomic mass is 16.8. The van der Waals surface area contributed by atoms with Crippen LogP contribution in [0.3, 0.4) is 0 Å². The molecule has 0 spiro atoms. The van der Waals surface area contributed by atoms with Gasteiger partial charge in [-0.05, 0) is 6.92 Å². The third kappa shape index (κ3) is 4.17. The first-order valence-electron chi connectivity index (χ1n) is 7.41. The molecule has 0 saturated carbocycles. The second-order valence-electron chi connectivity index (χ2n) is 5.67. The van der Waals surface area contributed by atoms with Crippen LogP contribution in [0.1, 0.15) is 6.92 Å². The average molecular weight is 340 g/mol. The minimum atomic E-state index is -1.49. The van der Waals surface area contributed by atoms with E-state index in [1.165, 1.54) is 6.92 Å². The highest BCUT2D eigenvalue weighted by Gasteiger charge is 2.51. The number of aliphatic hydroxyl groups excluding tert-OH is 6. The zero-order valence-corrected chi connectivity index (χ0v) is 12.6. The Hall–Kier alpha value is -0.400. The summed E-state index contributed by atoms with van der Waals surface area (Å²) in [7, 11) is 0. The first kappa shape index (κ1) is 18.9. The second kappa shape index (κ2) is 8.12. The summed E-state index contributed by atoms with van der Waals surface area (Å²) in [5.74, 6) is 0. The molecule has 0 radical (unpaired) electrons. The molecule has 2 aliphatic rings. The molecule has 2 bridgehead atoms. The van der Waals surface area contributed by atoms with Gasteiger partial charge in [0.15, 0.2) is 12.6 Å². The minimum Gasteiger partial charge on any atom is -0.394 e.